The highest BCUT2D eigenvalue weighted by atomic mass is 16.4. The summed E-state index contributed by atoms with van der Waals surface area (Å²) >= 11 is 0. The minimum Gasteiger partial charge on any atom is -0.481 e. The summed E-state index contributed by atoms with van der Waals surface area (Å²) < 4.78 is 0. The van der Waals surface area contributed by atoms with Crippen LogP contribution >= 0.6 is 0 Å². The van der Waals surface area contributed by atoms with E-state index in [1.54, 1.807) is 6.20 Å². The SMILES string of the molecule is CC(c1cccnc1)N1CCCC(CC(=O)O)C1. The van der Waals surface area contributed by atoms with Gasteiger partial charge in [0.05, 0.1) is 0 Å². The number of likely N-dealkylation sites (tertiary alicyclic amines) is 1. The van der Waals surface area contributed by atoms with Crippen molar-refractivity contribution in [2.24, 2.45) is 5.92 Å². The first kappa shape index (κ1) is 13.0. The fourth-order valence-corrected chi connectivity index (χ4v) is 2.70. The smallest absolute Gasteiger partial charge is 0.303 e. The van der Waals surface area contributed by atoms with Crippen molar-refractivity contribution < 1.29 is 9.90 Å². The molecule has 0 amide bonds. The Balaban J connectivity index is 1.98. The van der Waals surface area contributed by atoms with Gasteiger partial charge in [-0.25, -0.2) is 0 Å². The first-order valence-electron chi connectivity index (χ1n) is 6.52. The van der Waals surface area contributed by atoms with Crippen LogP contribution in [0.5, 0.6) is 0 Å². The van der Waals surface area contributed by atoms with E-state index in [2.05, 4.69) is 22.9 Å². The molecule has 2 unspecified atom stereocenters. The molecule has 18 heavy (non-hydrogen) atoms. The molecule has 98 valence electrons. The van der Waals surface area contributed by atoms with E-state index in [1.807, 2.05) is 12.3 Å². The molecule has 0 spiro atoms. The maximum Gasteiger partial charge on any atom is 0.303 e. The van der Waals surface area contributed by atoms with Gasteiger partial charge in [0.1, 0.15) is 0 Å². The number of carboxylic acid groups (broad SMARTS) is 1. The third-order valence-corrected chi connectivity index (χ3v) is 3.73. The van der Waals surface area contributed by atoms with Gasteiger partial charge >= 0.3 is 5.97 Å². The van der Waals surface area contributed by atoms with Gasteiger partial charge in [0.2, 0.25) is 0 Å². The van der Waals surface area contributed by atoms with Gasteiger partial charge in [0.15, 0.2) is 0 Å². The summed E-state index contributed by atoms with van der Waals surface area (Å²) in [4.78, 5) is 17.3. The standard InChI is InChI=1S/C14H20N2O2/c1-11(13-5-2-6-15-9-13)16-7-3-4-12(10-16)8-14(17)18/h2,5-6,9,11-12H,3-4,7-8,10H2,1H3,(H,17,18). The van der Waals surface area contributed by atoms with E-state index in [0.717, 1.165) is 25.9 Å². The van der Waals surface area contributed by atoms with Crippen LogP contribution in [0.1, 0.15) is 37.8 Å². The largest absolute Gasteiger partial charge is 0.481 e. The molecule has 0 aromatic carbocycles. The third kappa shape index (κ3) is 3.29. The number of aromatic nitrogens is 1. The predicted octanol–water partition coefficient (Wildman–Crippen LogP) is 2.33. The maximum absolute atomic E-state index is 10.8. The zero-order valence-electron chi connectivity index (χ0n) is 10.7. The monoisotopic (exact) mass is 248 g/mol. The Hall–Kier alpha value is -1.42. The summed E-state index contributed by atoms with van der Waals surface area (Å²) in [7, 11) is 0. The fraction of sp³-hybridized carbons (Fsp3) is 0.571. The molecule has 1 aliphatic heterocycles. The second-order valence-corrected chi connectivity index (χ2v) is 5.06. The van der Waals surface area contributed by atoms with Crippen LogP contribution < -0.4 is 0 Å². The van der Waals surface area contributed by atoms with Crippen molar-refractivity contribution in [1.82, 2.24) is 9.88 Å². The van der Waals surface area contributed by atoms with Crippen LogP contribution in [0.4, 0.5) is 0 Å². The molecule has 4 nitrogen and oxygen atoms in total. The molecule has 1 saturated heterocycles. The van der Waals surface area contributed by atoms with Gasteiger partial charge in [-0.1, -0.05) is 6.07 Å². The lowest BCUT2D eigenvalue weighted by Gasteiger charge is -2.36. The fourth-order valence-electron chi connectivity index (χ4n) is 2.70. The molecule has 1 fully saturated rings. The lowest BCUT2D eigenvalue weighted by molar-refractivity contribution is -0.138. The molecule has 0 bridgehead atoms. The lowest BCUT2D eigenvalue weighted by Crippen LogP contribution is -2.38. The average Bonchev–Trinajstić information content (AvgIpc) is 2.38. The molecular formula is C14H20N2O2. The number of carboxylic acids is 1. The first-order chi connectivity index (χ1) is 8.66. The van der Waals surface area contributed by atoms with Crippen molar-refractivity contribution in [2.45, 2.75) is 32.2 Å². The lowest BCUT2D eigenvalue weighted by atomic mass is 9.93. The number of piperidine rings is 1. The quantitative estimate of drug-likeness (QED) is 0.888. The third-order valence-electron chi connectivity index (χ3n) is 3.73. The van der Waals surface area contributed by atoms with Crippen molar-refractivity contribution in [3.05, 3.63) is 30.1 Å². The Bertz CT molecular complexity index is 394. The van der Waals surface area contributed by atoms with Gasteiger partial charge in [-0.05, 0) is 43.9 Å². The number of hydrogen-bond donors (Lipinski definition) is 1. The number of hydrogen-bond acceptors (Lipinski definition) is 3. The Labute approximate surface area is 108 Å². The molecule has 2 heterocycles. The van der Waals surface area contributed by atoms with Gasteiger partial charge in [0.25, 0.3) is 0 Å². The number of pyridine rings is 1. The van der Waals surface area contributed by atoms with E-state index < -0.39 is 5.97 Å². The van der Waals surface area contributed by atoms with Crippen LogP contribution in [0.3, 0.4) is 0 Å². The highest BCUT2D eigenvalue weighted by molar-refractivity contribution is 5.67. The normalized spacial score (nSPS) is 22.6. The van der Waals surface area contributed by atoms with Crippen LogP contribution in [-0.2, 0) is 4.79 Å². The molecule has 1 aromatic rings. The number of nitrogens with zero attached hydrogens (tertiary/aromatic N) is 2. The van der Waals surface area contributed by atoms with Crippen molar-refractivity contribution in [2.75, 3.05) is 13.1 Å². The van der Waals surface area contributed by atoms with Crippen LogP contribution in [-0.4, -0.2) is 34.0 Å². The second-order valence-electron chi connectivity index (χ2n) is 5.06. The Morgan fingerprint density at radius 3 is 3.17 bits per heavy atom. The summed E-state index contributed by atoms with van der Waals surface area (Å²) in [6, 6.07) is 4.35. The van der Waals surface area contributed by atoms with Gasteiger partial charge in [-0.3, -0.25) is 14.7 Å². The van der Waals surface area contributed by atoms with E-state index in [4.69, 9.17) is 5.11 Å². The van der Waals surface area contributed by atoms with E-state index in [-0.39, 0.29) is 12.3 Å². The van der Waals surface area contributed by atoms with Crippen molar-refractivity contribution in [3.63, 3.8) is 0 Å². The summed E-state index contributed by atoms with van der Waals surface area (Å²) in [6.07, 6.45) is 6.08. The number of aliphatic carboxylic acids is 1. The molecule has 1 aliphatic rings. The first-order valence-corrected chi connectivity index (χ1v) is 6.52. The highest BCUT2D eigenvalue weighted by Gasteiger charge is 2.25. The highest BCUT2D eigenvalue weighted by Crippen LogP contribution is 2.27. The Kier molecular flexibility index (Phi) is 4.31. The zero-order chi connectivity index (χ0) is 13.0. The molecule has 2 rings (SSSR count). The van der Waals surface area contributed by atoms with Crippen molar-refractivity contribution >= 4 is 5.97 Å². The van der Waals surface area contributed by atoms with E-state index in [9.17, 15) is 4.79 Å². The molecule has 0 saturated carbocycles. The second kappa shape index (κ2) is 5.96. The Morgan fingerprint density at radius 1 is 1.67 bits per heavy atom. The van der Waals surface area contributed by atoms with Gasteiger partial charge in [-0.15, -0.1) is 0 Å². The van der Waals surface area contributed by atoms with Gasteiger partial charge < -0.3 is 5.11 Å². The molecule has 0 aliphatic carbocycles. The van der Waals surface area contributed by atoms with Crippen LogP contribution in [0.2, 0.25) is 0 Å². The van der Waals surface area contributed by atoms with Crippen LogP contribution in [0.15, 0.2) is 24.5 Å². The summed E-state index contributed by atoms with van der Waals surface area (Å²) in [5.41, 5.74) is 1.20. The van der Waals surface area contributed by atoms with Crippen LogP contribution in [0, 0.1) is 5.92 Å². The molecule has 2 atom stereocenters. The molecule has 0 radical (unpaired) electrons. The minimum atomic E-state index is -0.684. The minimum absolute atomic E-state index is 0.287. The van der Waals surface area contributed by atoms with Crippen molar-refractivity contribution in [3.8, 4) is 0 Å². The summed E-state index contributed by atoms with van der Waals surface area (Å²) in [5, 5.41) is 8.88. The average molecular weight is 248 g/mol. The molecular weight excluding hydrogens is 228 g/mol. The van der Waals surface area contributed by atoms with E-state index >= 15 is 0 Å². The van der Waals surface area contributed by atoms with E-state index in [1.165, 1.54) is 5.56 Å². The molecule has 4 heteroatoms. The molecule has 1 aromatic heterocycles. The van der Waals surface area contributed by atoms with Gasteiger partial charge in [0, 0.05) is 31.4 Å². The zero-order valence-corrected chi connectivity index (χ0v) is 10.7. The summed E-state index contributed by atoms with van der Waals surface area (Å²) in [6.45, 7) is 4.09. The predicted molar refractivity (Wildman–Crippen MR) is 69.2 cm³/mol. The number of rotatable bonds is 4. The Morgan fingerprint density at radius 2 is 2.50 bits per heavy atom. The van der Waals surface area contributed by atoms with Gasteiger partial charge in [-0.2, -0.15) is 0 Å². The molecule has 1 N–H and O–H groups in total. The van der Waals surface area contributed by atoms with Crippen LogP contribution in [0.25, 0.3) is 0 Å². The number of carbonyl (C=O) groups is 1. The summed E-state index contributed by atoms with van der Waals surface area (Å²) in [5.74, 6) is -0.397. The van der Waals surface area contributed by atoms with E-state index in [0.29, 0.717) is 6.04 Å². The maximum atomic E-state index is 10.8. The topological polar surface area (TPSA) is 53.4 Å². The van der Waals surface area contributed by atoms with Crippen molar-refractivity contribution in [1.29, 1.82) is 0 Å².